The van der Waals surface area contributed by atoms with Gasteiger partial charge in [0.15, 0.2) is 12.4 Å². The van der Waals surface area contributed by atoms with Gasteiger partial charge in [-0.2, -0.15) is 4.73 Å². The van der Waals surface area contributed by atoms with Crippen LogP contribution in [0.25, 0.3) is 0 Å². The Labute approximate surface area is 94.5 Å². The number of rotatable bonds is 3. The predicted octanol–water partition coefficient (Wildman–Crippen LogP) is 2.21. The first-order chi connectivity index (χ1) is 7.75. The molecule has 16 heavy (non-hydrogen) atoms. The van der Waals surface area contributed by atoms with Gasteiger partial charge in [0.25, 0.3) is 0 Å². The molecule has 1 aromatic heterocycles. The van der Waals surface area contributed by atoms with Crippen molar-refractivity contribution >= 4 is 0 Å². The van der Waals surface area contributed by atoms with Gasteiger partial charge in [-0.15, -0.1) is 0 Å². The van der Waals surface area contributed by atoms with Gasteiger partial charge < -0.3 is 9.94 Å². The van der Waals surface area contributed by atoms with E-state index in [1.54, 1.807) is 6.07 Å². The van der Waals surface area contributed by atoms with E-state index in [1.165, 1.54) is 12.4 Å². The third kappa shape index (κ3) is 2.51. The summed E-state index contributed by atoms with van der Waals surface area (Å²) in [6, 6.07) is 11.6. The van der Waals surface area contributed by atoms with Crippen LogP contribution in [-0.4, -0.2) is 0 Å². The summed E-state index contributed by atoms with van der Waals surface area (Å²) in [7, 11) is 0. The van der Waals surface area contributed by atoms with Crippen molar-refractivity contribution in [3.8, 4) is 5.75 Å². The maximum Gasteiger partial charge on any atom is 0.186 e. The molecule has 0 N–H and O–H groups in total. The Kier molecular flexibility index (Phi) is 3.05. The fraction of sp³-hybridized carbons (Fsp3) is 0.154. The summed E-state index contributed by atoms with van der Waals surface area (Å²) in [6.07, 6.45) is 2.94. The van der Waals surface area contributed by atoms with Gasteiger partial charge in [0.1, 0.15) is 12.4 Å². The average Bonchev–Trinajstić information content (AvgIpc) is 2.29. The molecule has 2 aromatic rings. The number of hydrogen-bond donors (Lipinski definition) is 0. The lowest BCUT2D eigenvalue weighted by Gasteiger charge is -2.08. The van der Waals surface area contributed by atoms with Crippen LogP contribution in [0.2, 0.25) is 0 Å². The van der Waals surface area contributed by atoms with Gasteiger partial charge in [-0.3, -0.25) is 0 Å². The minimum absolute atomic E-state index is 0.518. The minimum Gasteiger partial charge on any atom is -0.619 e. The summed E-state index contributed by atoms with van der Waals surface area (Å²) in [5.41, 5.74) is 1.95. The maximum atomic E-state index is 11.0. The molecule has 3 nitrogen and oxygen atoms in total. The van der Waals surface area contributed by atoms with E-state index >= 15 is 0 Å². The van der Waals surface area contributed by atoms with Crippen molar-refractivity contribution in [3.05, 3.63) is 65.1 Å². The van der Waals surface area contributed by atoms with Crippen LogP contribution in [0.4, 0.5) is 0 Å². The molecule has 1 aromatic carbocycles. The van der Waals surface area contributed by atoms with Crippen molar-refractivity contribution in [2.75, 3.05) is 0 Å². The standard InChI is InChI=1S/C13H13NO2/c1-11-9-14(15)8-7-13(11)16-10-12-5-3-2-4-6-12/h2-9H,10H2,1H3. The number of hydrogen-bond acceptors (Lipinski definition) is 2. The third-order valence-corrected chi connectivity index (χ3v) is 2.32. The Morgan fingerprint density at radius 1 is 1.19 bits per heavy atom. The highest BCUT2D eigenvalue weighted by Crippen LogP contribution is 2.15. The molecule has 0 saturated heterocycles. The molecular weight excluding hydrogens is 202 g/mol. The fourth-order valence-corrected chi connectivity index (χ4v) is 1.47. The van der Waals surface area contributed by atoms with Crippen molar-refractivity contribution in [2.24, 2.45) is 0 Å². The topological polar surface area (TPSA) is 36.2 Å². The second-order valence-electron chi connectivity index (χ2n) is 3.63. The van der Waals surface area contributed by atoms with Gasteiger partial charge in [-0.1, -0.05) is 30.3 Å². The summed E-state index contributed by atoms with van der Waals surface area (Å²) in [6.45, 7) is 2.37. The van der Waals surface area contributed by atoms with E-state index in [0.717, 1.165) is 21.6 Å². The summed E-state index contributed by atoms with van der Waals surface area (Å²) in [5.74, 6) is 0.746. The lowest BCUT2D eigenvalue weighted by Crippen LogP contribution is -2.24. The quantitative estimate of drug-likeness (QED) is 0.581. The molecule has 0 amide bonds. The SMILES string of the molecule is Cc1c[n+]([O-])ccc1OCc1ccccc1. The van der Waals surface area contributed by atoms with E-state index in [-0.39, 0.29) is 0 Å². The van der Waals surface area contributed by atoms with Crippen LogP contribution in [0.5, 0.6) is 5.75 Å². The zero-order chi connectivity index (χ0) is 11.4. The molecule has 0 aliphatic rings. The molecule has 82 valence electrons. The molecule has 0 atom stereocenters. The zero-order valence-electron chi connectivity index (χ0n) is 9.09. The van der Waals surface area contributed by atoms with Crippen molar-refractivity contribution in [1.82, 2.24) is 0 Å². The average molecular weight is 215 g/mol. The number of benzene rings is 1. The largest absolute Gasteiger partial charge is 0.619 e. The molecule has 3 heteroatoms. The lowest BCUT2D eigenvalue weighted by molar-refractivity contribution is -0.605. The summed E-state index contributed by atoms with van der Waals surface area (Å²) < 4.78 is 6.39. The van der Waals surface area contributed by atoms with Crippen LogP contribution in [0.3, 0.4) is 0 Å². The molecule has 2 rings (SSSR count). The van der Waals surface area contributed by atoms with Crippen molar-refractivity contribution < 1.29 is 9.47 Å². The Hall–Kier alpha value is -2.03. The monoisotopic (exact) mass is 215 g/mol. The second kappa shape index (κ2) is 4.66. The molecule has 0 unspecified atom stereocenters. The number of ether oxygens (including phenoxy) is 1. The molecule has 0 radical (unpaired) electrons. The van der Waals surface area contributed by atoms with Gasteiger partial charge in [0.2, 0.25) is 0 Å². The smallest absolute Gasteiger partial charge is 0.186 e. The van der Waals surface area contributed by atoms with Crippen LogP contribution in [0.15, 0.2) is 48.8 Å². The highest BCUT2D eigenvalue weighted by molar-refractivity contribution is 5.27. The molecule has 1 heterocycles. The Morgan fingerprint density at radius 3 is 2.62 bits per heavy atom. The third-order valence-electron chi connectivity index (χ3n) is 2.32. The summed E-state index contributed by atoms with van der Waals surface area (Å²) in [5, 5.41) is 11.0. The van der Waals surface area contributed by atoms with Gasteiger partial charge in [0, 0.05) is 6.07 Å². The predicted molar refractivity (Wildman–Crippen MR) is 60.9 cm³/mol. The molecule has 0 spiro atoms. The van der Waals surface area contributed by atoms with Crippen molar-refractivity contribution in [3.63, 3.8) is 0 Å². The van der Waals surface area contributed by atoms with Gasteiger partial charge in [-0.25, -0.2) is 0 Å². The Balaban J connectivity index is 2.05. The first-order valence-electron chi connectivity index (χ1n) is 5.12. The minimum atomic E-state index is 0.518. The molecular formula is C13H13NO2. The van der Waals surface area contributed by atoms with E-state index in [0.29, 0.717) is 6.61 Å². The second-order valence-corrected chi connectivity index (χ2v) is 3.63. The Bertz CT molecular complexity index is 469. The first-order valence-corrected chi connectivity index (χ1v) is 5.12. The zero-order valence-corrected chi connectivity index (χ0v) is 9.09. The number of nitrogens with zero attached hydrogens (tertiary/aromatic N) is 1. The van der Waals surface area contributed by atoms with E-state index in [2.05, 4.69) is 0 Å². The normalized spacial score (nSPS) is 10.1. The number of aromatic nitrogens is 1. The van der Waals surface area contributed by atoms with Crippen LogP contribution >= 0.6 is 0 Å². The molecule has 0 aliphatic heterocycles. The van der Waals surface area contributed by atoms with Gasteiger partial charge in [-0.05, 0) is 12.5 Å². The first kappa shape index (κ1) is 10.5. The van der Waals surface area contributed by atoms with Crippen LogP contribution in [-0.2, 0) is 6.61 Å². The van der Waals surface area contributed by atoms with Crippen molar-refractivity contribution in [2.45, 2.75) is 13.5 Å². The molecule has 0 bridgehead atoms. The van der Waals surface area contributed by atoms with Crippen LogP contribution in [0, 0.1) is 12.1 Å². The Morgan fingerprint density at radius 2 is 1.94 bits per heavy atom. The van der Waals surface area contributed by atoms with Gasteiger partial charge >= 0.3 is 0 Å². The van der Waals surface area contributed by atoms with E-state index in [9.17, 15) is 5.21 Å². The van der Waals surface area contributed by atoms with E-state index in [1.807, 2.05) is 37.3 Å². The van der Waals surface area contributed by atoms with E-state index < -0.39 is 0 Å². The van der Waals surface area contributed by atoms with Gasteiger partial charge in [0.05, 0.1) is 5.56 Å². The number of pyridine rings is 1. The van der Waals surface area contributed by atoms with Crippen LogP contribution < -0.4 is 9.47 Å². The molecule has 0 saturated carbocycles. The lowest BCUT2D eigenvalue weighted by atomic mass is 10.2. The molecule has 0 fully saturated rings. The molecule has 0 aliphatic carbocycles. The van der Waals surface area contributed by atoms with Crippen molar-refractivity contribution in [1.29, 1.82) is 0 Å². The summed E-state index contributed by atoms with van der Waals surface area (Å²) >= 11 is 0. The van der Waals surface area contributed by atoms with Crippen LogP contribution in [0.1, 0.15) is 11.1 Å². The highest BCUT2D eigenvalue weighted by atomic mass is 16.5. The van der Waals surface area contributed by atoms with E-state index in [4.69, 9.17) is 4.74 Å². The summed E-state index contributed by atoms with van der Waals surface area (Å²) in [4.78, 5) is 0. The fourth-order valence-electron chi connectivity index (χ4n) is 1.47. The number of aryl methyl sites for hydroxylation is 1. The maximum absolute atomic E-state index is 11.0. The highest BCUT2D eigenvalue weighted by Gasteiger charge is 2.03.